The molecule has 1 aromatic heterocycles. The van der Waals surface area contributed by atoms with Crippen molar-refractivity contribution in [3.63, 3.8) is 0 Å². The highest BCUT2D eigenvalue weighted by molar-refractivity contribution is 7.99. The zero-order valence-electron chi connectivity index (χ0n) is 19.8. The minimum Gasteiger partial charge on any atom is -0.480 e. The van der Waals surface area contributed by atoms with Gasteiger partial charge in [0.05, 0.1) is 18.1 Å². The first-order valence-electron chi connectivity index (χ1n) is 10.7. The number of carboxylic acids is 1. The molecule has 12 heteroatoms. The molecule has 2 rings (SSSR count). The molecular weight excluding hydrogens is 470 g/mol. The lowest BCUT2D eigenvalue weighted by Crippen LogP contribution is -2.33. The average Bonchev–Trinajstić information content (AvgIpc) is 3.25. The van der Waals surface area contributed by atoms with Crippen molar-refractivity contribution in [3.05, 3.63) is 18.6 Å². The van der Waals surface area contributed by atoms with E-state index in [0.29, 0.717) is 35.1 Å². The Balaban J connectivity index is 0.00000172. The summed E-state index contributed by atoms with van der Waals surface area (Å²) in [7, 11) is 3.63. The molecule has 0 spiro atoms. The molecule has 5 atom stereocenters. The second-order valence-electron chi connectivity index (χ2n) is 7.84. The SMILES string of the molecule is C=C(c1ncn(C2OC(CSCCC(N)C(=O)O)[C@@H](O)C2O)c1/N=C(\C)Cl)N(C)C.CCC. The molecule has 33 heavy (non-hydrogen) atoms. The molecule has 1 aliphatic heterocycles. The monoisotopic (exact) mass is 505 g/mol. The molecular formula is C21H36ClN5O5S. The summed E-state index contributed by atoms with van der Waals surface area (Å²) in [6, 6.07) is -0.932. The van der Waals surface area contributed by atoms with Crippen molar-refractivity contribution in [3.8, 4) is 0 Å². The molecule has 1 aliphatic rings. The molecule has 0 aliphatic carbocycles. The highest BCUT2D eigenvalue weighted by Gasteiger charge is 2.44. The first-order valence-corrected chi connectivity index (χ1v) is 12.2. The first-order chi connectivity index (χ1) is 15.5. The number of carbonyl (C=O) groups is 1. The van der Waals surface area contributed by atoms with Gasteiger partial charge in [-0.2, -0.15) is 11.8 Å². The van der Waals surface area contributed by atoms with Crippen LogP contribution in [0.2, 0.25) is 0 Å². The van der Waals surface area contributed by atoms with E-state index in [1.807, 2.05) is 14.1 Å². The van der Waals surface area contributed by atoms with Crippen molar-refractivity contribution in [2.75, 3.05) is 25.6 Å². The number of thioether (sulfide) groups is 1. The number of nitrogens with zero attached hydrogens (tertiary/aromatic N) is 4. The van der Waals surface area contributed by atoms with Gasteiger partial charge in [0.1, 0.15) is 29.1 Å². The quantitative estimate of drug-likeness (QED) is 0.277. The van der Waals surface area contributed by atoms with Gasteiger partial charge in [0.2, 0.25) is 0 Å². The summed E-state index contributed by atoms with van der Waals surface area (Å²) in [5.41, 5.74) is 6.56. The van der Waals surface area contributed by atoms with Gasteiger partial charge < -0.3 is 30.7 Å². The Morgan fingerprint density at radius 3 is 2.55 bits per heavy atom. The Bertz CT molecular complexity index is 815. The maximum atomic E-state index is 10.8. The van der Waals surface area contributed by atoms with Crippen molar-refractivity contribution in [2.45, 2.75) is 64.2 Å². The minimum absolute atomic E-state index is 0.263. The van der Waals surface area contributed by atoms with Gasteiger partial charge in [-0.3, -0.25) is 9.36 Å². The van der Waals surface area contributed by atoms with Gasteiger partial charge in [-0.25, -0.2) is 9.98 Å². The Morgan fingerprint density at radius 2 is 2.03 bits per heavy atom. The summed E-state index contributed by atoms with van der Waals surface area (Å²) < 4.78 is 7.42. The largest absolute Gasteiger partial charge is 0.480 e. The molecule has 188 valence electrons. The van der Waals surface area contributed by atoms with Crippen LogP contribution in [0.1, 0.15) is 45.5 Å². The van der Waals surface area contributed by atoms with Gasteiger partial charge in [0, 0.05) is 19.8 Å². The van der Waals surface area contributed by atoms with E-state index in [4.69, 9.17) is 27.2 Å². The maximum absolute atomic E-state index is 10.8. The summed E-state index contributed by atoms with van der Waals surface area (Å²) in [5, 5.41) is 30.1. The fourth-order valence-electron chi connectivity index (χ4n) is 2.84. The van der Waals surface area contributed by atoms with E-state index in [1.165, 1.54) is 29.1 Å². The molecule has 0 saturated carbocycles. The van der Waals surface area contributed by atoms with E-state index in [1.54, 1.807) is 11.8 Å². The second kappa shape index (κ2) is 13.9. The molecule has 5 N–H and O–H groups in total. The third-order valence-electron chi connectivity index (χ3n) is 4.62. The van der Waals surface area contributed by atoms with Crippen molar-refractivity contribution < 1.29 is 24.9 Å². The van der Waals surface area contributed by atoms with Crippen molar-refractivity contribution in [2.24, 2.45) is 10.7 Å². The number of ether oxygens (including phenoxy) is 1. The number of imidazole rings is 1. The number of nitrogens with two attached hydrogens (primary N) is 1. The van der Waals surface area contributed by atoms with Crippen LogP contribution in [0.25, 0.3) is 5.70 Å². The van der Waals surface area contributed by atoms with Crippen molar-refractivity contribution in [1.82, 2.24) is 14.5 Å². The maximum Gasteiger partial charge on any atom is 0.320 e. The summed E-state index contributed by atoms with van der Waals surface area (Å²) >= 11 is 7.38. The van der Waals surface area contributed by atoms with Crippen LogP contribution in [0.4, 0.5) is 5.82 Å². The average molecular weight is 506 g/mol. The normalized spacial score (nSPS) is 23.6. The lowest BCUT2D eigenvalue weighted by Gasteiger charge is -2.19. The van der Waals surface area contributed by atoms with Crippen molar-refractivity contribution in [1.29, 1.82) is 0 Å². The van der Waals surface area contributed by atoms with Gasteiger partial charge in [-0.1, -0.05) is 38.4 Å². The first kappa shape index (κ1) is 29.4. The van der Waals surface area contributed by atoms with Crippen molar-refractivity contribution >= 4 is 46.0 Å². The predicted octanol–water partition coefficient (Wildman–Crippen LogP) is 2.27. The summed E-state index contributed by atoms with van der Waals surface area (Å²) in [4.78, 5) is 21.2. The second-order valence-corrected chi connectivity index (χ2v) is 9.53. The van der Waals surface area contributed by atoms with Gasteiger partial charge in [-0.05, 0) is 19.1 Å². The Hall–Kier alpha value is -1.63. The fraction of sp³-hybridized carbons (Fsp3) is 0.667. The van der Waals surface area contributed by atoms with E-state index >= 15 is 0 Å². The van der Waals surface area contributed by atoms with Crippen LogP contribution in [-0.2, 0) is 9.53 Å². The third kappa shape index (κ3) is 8.27. The topological polar surface area (TPSA) is 146 Å². The van der Waals surface area contributed by atoms with Gasteiger partial charge in [0.15, 0.2) is 12.0 Å². The highest BCUT2D eigenvalue weighted by Crippen LogP contribution is 2.37. The lowest BCUT2D eigenvalue weighted by molar-refractivity contribution is -0.138. The fourth-order valence-corrected chi connectivity index (χ4v) is 4.02. The van der Waals surface area contributed by atoms with E-state index in [-0.39, 0.29) is 5.17 Å². The smallest absolute Gasteiger partial charge is 0.320 e. The highest BCUT2D eigenvalue weighted by atomic mass is 35.5. The van der Waals surface area contributed by atoms with Gasteiger partial charge in [0.25, 0.3) is 0 Å². The molecule has 1 aromatic rings. The number of carboxylic acid groups (broad SMARTS) is 1. The molecule has 0 aromatic carbocycles. The molecule has 0 bridgehead atoms. The zero-order chi connectivity index (χ0) is 25.3. The van der Waals surface area contributed by atoms with Crippen LogP contribution in [0.5, 0.6) is 0 Å². The summed E-state index contributed by atoms with van der Waals surface area (Å²) in [5.74, 6) is 0.152. The molecule has 4 unspecified atom stereocenters. The molecule has 1 saturated heterocycles. The molecule has 10 nitrogen and oxygen atoms in total. The van der Waals surface area contributed by atoms with Gasteiger partial charge in [-0.15, -0.1) is 0 Å². The number of rotatable bonds is 10. The summed E-state index contributed by atoms with van der Waals surface area (Å²) in [6.45, 7) is 9.85. The van der Waals surface area contributed by atoms with Crippen LogP contribution in [-0.4, -0.2) is 90.9 Å². The molecule has 1 fully saturated rings. The van der Waals surface area contributed by atoms with Gasteiger partial charge >= 0.3 is 5.97 Å². The minimum atomic E-state index is -1.21. The number of aliphatic hydroxyl groups is 2. The van der Waals surface area contributed by atoms with Crippen LogP contribution in [0.3, 0.4) is 0 Å². The van der Waals surface area contributed by atoms with E-state index in [9.17, 15) is 15.0 Å². The molecule has 0 radical (unpaired) electrons. The molecule has 2 heterocycles. The van der Waals surface area contributed by atoms with Crippen LogP contribution < -0.4 is 5.73 Å². The van der Waals surface area contributed by atoms with Crippen LogP contribution in [0, 0.1) is 0 Å². The zero-order valence-corrected chi connectivity index (χ0v) is 21.4. The Morgan fingerprint density at radius 1 is 1.42 bits per heavy atom. The van der Waals surface area contributed by atoms with E-state index < -0.39 is 36.6 Å². The predicted molar refractivity (Wildman–Crippen MR) is 133 cm³/mol. The van der Waals surface area contributed by atoms with E-state index in [2.05, 4.69) is 30.4 Å². The number of hydrogen-bond donors (Lipinski definition) is 4. The van der Waals surface area contributed by atoms with E-state index in [0.717, 1.165) is 0 Å². The summed E-state index contributed by atoms with van der Waals surface area (Å²) in [6.07, 6.45) is -0.917. The standard InChI is InChI=1S/C18H28ClN5O5S.C3H8/c1-9(23(3)4)13-16(22-10(2)19)24(8-21-13)17-15(26)14(25)12(29-17)7-30-6-5-11(20)18(27)28;1-3-2/h8,11-12,14-15,17,25-26H,1,5-7,20H2,2-4H3,(H,27,28);3H2,1-2H3/b22-10+;/t11?,12?,14-,15?,17?;/m1./s1. The molecule has 0 amide bonds. The number of aliphatic hydroxyl groups excluding tert-OH is 2. The number of aliphatic carboxylic acids is 1. The number of aromatic nitrogens is 2. The lowest BCUT2D eigenvalue weighted by atomic mass is 10.1. The van der Waals surface area contributed by atoms with Crippen LogP contribution in [0.15, 0.2) is 17.9 Å². The third-order valence-corrected chi connectivity index (χ3v) is 5.80. The number of halogens is 1. The number of hydrogen-bond acceptors (Lipinski definition) is 9. The Kier molecular flexibility index (Phi) is 12.4. The van der Waals surface area contributed by atoms with Crippen LogP contribution >= 0.6 is 23.4 Å². The Labute approximate surface area is 204 Å². The number of aliphatic imine (C=N–C) groups is 1.